The zero-order chi connectivity index (χ0) is 28.0. The summed E-state index contributed by atoms with van der Waals surface area (Å²) in [6.45, 7) is 4.19. The Balaban J connectivity index is 1.29. The fourth-order valence-electron chi connectivity index (χ4n) is 4.34. The lowest BCUT2D eigenvalue weighted by Gasteiger charge is -2.12. The molecule has 0 bridgehead atoms. The van der Waals surface area contributed by atoms with Gasteiger partial charge in [-0.2, -0.15) is 23.3 Å². The number of aliphatic imine (C=N–C) groups is 1. The fourth-order valence-corrected chi connectivity index (χ4v) is 5.85. The van der Waals surface area contributed by atoms with Crippen LogP contribution in [0.25, 0.3) is 26.9 Å². The van der Waals surface area contributed by atoms with Crippen LogP contribution in [0.15, 0.2) is 71.0 Å². The molecule has 1 fully saturated rings. The van der Waals surface area contributed by atoms with Gasteiger partial charge >= 0.3 is 6.18 Å². The van der Waals surface area contributed by atoms with Gasteiger partial charge in [0.05, 0.1) is 28.7 Å². The van der Waals surface area contributed by atoms with Crippen molar-refractivity contribution < 1.29 is 18.0 Å². The Hall–Kier alpha value is -4.10. The molecule has 2 aromatic heterocycles. The van der Waals surface area contributed by atoms with Crippen LogP contribution in [-0.2, 0) is 11.0 Å². The average molecular weight is 580 g/mol. The maximum absolute atomic E-state index is 13.0. The van der Waals surface area contributed by atoms with Crippen molar-refractivity contribution in [2.24, 2.45) is 10.1 Å². The Kier molecular flexibility index (Phi) is 6.62. The third-order valence-electron chi connectivity index (χ3n) is 6.26. The summed E-state index contributed by atoms with van der Waals surface area (Å²) in [5.41, 5.74) is 3.90. The monoisotopic (exact) mass is 579 g/mol. The lowest BCUT2D eigenvalue weighted by Crippen LogP contribution is -2.23. The number of aromatic nitrogens is 4. The van der Waals surface area contributed by atoms with Crippen molar-refractivity contribution >= 4 is 67.9 Å². The second-order valence-corrected chi connectivity index (χ2v) is 11.2. The molecule has 5 aromatic rings. The van der Waals surface area contributed by atoms with Crippen LogP contribution in [0.5, 0.6) is 0 Å². The van der Waals surface area contributed by atoms with Crippen LogP contribution >= 0.6 is 23.1 Å². The number of amidine groups is 1. The van der Waals surface area contributed by atoms with E-state index in [0.29, 0.717) is 27.5 Å². The van der Waals surface area contributed by atoms with Crippen molar-refractivity contribution in [3.8, 4) is 5.13 Å². The molecule has 0 N–H and O–H groups in total. The summed E-state index contributed by atoms with van der Waals surface area (Å²) in [6.07, 6.45) is -1.51. The summed E-state index contributed by atoms with van der Waals surface area (Å²) >= 11 is 1.80. The van der Waals surface area contributed by atoms with Crippen molar-refractivity contribution in [3.63, 3.8) is 0 Å². The Morgan fingerprint density at radius 3 is 2.67 bits per heavy atom. The molecule has 1 aliphatic rings. The lowest BCUT2D eigenvalue weighted by molar-refractivity contribution is -0.138. The smallest absolute Gasteiger partial charge is 0.273 e. The highest BCUT2D eigenvalue weighted by Gasteiger charge is 2.36. The van der Waals surface area contributed by atoms with Crippen molar-refractivity contribution in [1.82, 2.24) is 24.8 Å². The predicted molar refractivity (Wildman–Crippen MR) is 152 cm³/mol. The number of carbonyl (C=O) groups excluding carboxylic acids is 1. The van der Waals surface area contributed by atoms with Crippen LogP contribution in [0.3, 0.4) is 0 Å². The zero-order valence-corrected chi connectivity index (χ0v) is 22.8. The van der Waals surface area contributed by atoms with E-state index >= 15 is 0 Å². The first kappa shape index (κ1) is 26.1. The number of imidazole rings is 1. The summed E-state index contributed by atoms with van der Waals surface area (Å²) in [5.74, 6) is 0.392. The molecule has 40 heavy (non-hydrogen) atoms. The third kappa shape index (κ3) is 4.86. The molecule has 13 heteroatoms. The number of rotatable bonds is 5. The third-order valence-corrected chi connectivity index (χ3v) is 8.14. The van der Waals surface area contributed by atoms with Gasteiger partial charge in [-0.05, 0) is 40.6 Å². The first-order valence-corrected chi connectivity index (χ1v) is 14.0. The second-order valence-electron chi connectivity index (χ2n) is 9.26. The van der Waals surface area contributed by atoms with Crippen molar-refractivity contribution in [3.05, 3.63) is 77.1 Å². The molecular formula is C27H20F3N7OS2. The standard InChI is InChI=1S/C27H20F3N7OS2/c1-15(2)18-5-3-4-6-20(18)33-25-37(22(38)13-39-25)32-12-16-7-9-19-17(11-16)8-10-21-23(19)31-14-36(21)26-35-34-24(40-26)27(28,29)30/h3-12,14-15H,13H2,1-2H3/b32-12-,33-25?. The van der Waals surface area contributed by atoms with Crippen molar-refractivity contribution in [2.75, 3.05) is 5.75 Å². The van der Waals surface area contributed by atoms with Gasteiger partial charge in [-0.15, -0.1) is 10.2 Å². The molecule has 1 aliphatic heterocycles. The Bertz CT molecular complexity index is 1820. The molecule has 0 atom stereocenters. The van der Waals surface area contributed by atoms with E-state index in [2.05, 4.69) is 34.1 Å². The quantitative estimate of drug-likeness (QED) is 0.215. The molecule has 202 valence electrons. The van der Waals surface area contributed by atoms with Crippen LogP contribution in [0.2, 0.25) is 0 Å². The van der Waals surface area contributed by atoms with Gasteiger partial charge in [0, 0.05) is 5.39 Å². The molecule has 0 spiro atoms. The largest absolute Gasteiger partial charge is 0.445 e. The van der Waals surface area contributed by atoms with E-state index in [0.717, 1.165) is 27.6 Å². The van der Waals surface area contributed by atoms with E-state index in [4.69, 9.17) is 4.99 Å². The fraction of sp³-hybridized carbons (Fsp3) is 0.185. The van der Waals surface area contributed by atoms with Gasteiger partial charge in [0.2, 0.25) is 10.1 Å². The summed E-state index contributed by atoms with van der Waals surface area (Å²) in [4.78, 5) is 21.7. The number of carbonyl (C=O) groups is 1. The van der Waals surface area contributed by atoms with Gasteiger partial charge in [-0.1, -0.05) is 73.3 Å². The number of hydrogen-bond acceptors (Lipinski definition) is 8. The van der Waals surface area contributed by atoms with Gasteiger partial charge in [-0.25, -0.2) is 9.98 Å². The minimum Gasteiger partial charge on any atom is -0.273 e. The molecule has 0 aliphatic carbocycles. The number of hydrogen-bond donors (Lipinski definition) is 0. The SMILES string of the molecule is CC(C)c1ccccc1N=C1SCC(=O)N1/N=C\c1ccc2c(ccc3c2ncn3-c2nnc(C(F)(F)F)s2)c1. The van der Waals surface area contributed by atoms with E-state index in [1.165, 1.54) is 27.7 Å². The first-order chi connectivity index (χ1) is 19.2. The van der Waals surface area contributed by atoms with Crippen molar-refractivity contribution in [2.45, 2.75) is 25.9 Å². The summed E-state index contributed by atoms with van der Waals surface area (Å²) in [7, 11) is 0. The summed E-state index contributed by atoms with van der Waals surface area (Å²) < 4.78 is 40.5. The first-order valence-electron chi connectivity index (χ1n) is 12.2. The maximum Gasteiger partial charge on any atom is 0.445 e. The number of halogens is 3. The normalized spacial score (nSPS) is 15.6. The number of benzene rings is 3. The summed E-state index contributed by atoms with van der Waals surface area (Å²) in [6, 6.07) is 17.1. The lowest BCUT2D eigenvalue weighted by atomic mass is 10.0. The number of thioether (sulfide) groups is 1. The average Bonchev–Trinajstić information content (AvgIpc) is 3.66. The molecule has 0 radical (unpaired) electrons. The topological polar surface area (TPSA) is 88.6 Å². The molecule has 0 unspecified atom stereocenters. The number of nitrogens with zero attached hydrogens (tertiary/aromatic N) is 7. The maximum atomic E-state index is 13.0. The molecule has 3 heterocycles. The number of alkyl halides is 3. The van der Waals surface area contributed by atoms with E-state index in [-0.39, 0.29) is 22.7 Å². The van der Waals surface area contributed by atoms with E-state index < -0.39 is 11.2 Å². The summed E-state index contributed by atoms with van der Waals surface area (Å²) in [5, 5.41) is 14.0. The molecule has 3 aromatic carbocycles. The molecule has 8 nitrogen and oxygen atoms in total. The van der Waals surface area contributed by atoms with Crippen LogP contribution in [-0.4, -0.2) is 47.8 Å². The van der Waals surface area contributed by atoms with E-state index in [9.17, 15) is 18.0 Å². The Morgan fingerprint density at radius 1 is 1.07 bits per heavy atom. The Morgan fingerprint density at radius 2 is 1.90 bits per heavy atom. The zero-order valence-electron chi connectivity index (χ0n) is 21.1. The second kappa shape index (κ2) is 10.1. The number of para-hydroxylation sites is 1. The highest BCUT2D eigenvalue weighted by molar-refractivity contribution is 8.15. The molecular weight excluding hydrogens is 559 g/mol. The predicted octanol–water partition coefficient (Wildman–Crippen LogP) is 6.77. The molecule has 6 rings (SSSR count). The minimum atomic E-state index is -4.56. The minimum absolute atomic E-state index is 0.0829. The van der Waals surface area contributed by atoms with E-state index in [1.807, 2.05) is 48.5 Å². The van der Waals surface area contributed by atoms with Crippen LogP contribution in [0.1, 0.15) is 35.9 Å². The number of amides is 1. The number of fused-ring (bicyclic) bond motifs is 3. The van der Waals surface area contributed by atoms with Crippen molar-refractivity contribution in [1.29, 1.82) is 0 Å². The van der Waals surface area contributed by atoms with Gasteiger partial charge in [-0.3, -0.25) is 9.36 Å². The van der Waals surface area contributed by atoms with Gasteiger partial charge < -0.3 is 0 Å². The van der Waals surface area contributed by atoms with Gasteiger partial charge in [0.1, 0.15) is 6.33 Å². The molecule has 1 amide bonds. The molecule has 1 saturated heterocycles. The van der Waals surface area contributed by atoms with Crippen LogP contribution in [0, 0.1) is 0 Å². The van der Waals surface area contributed by atoms with Gasteiger partial charge in [0.15, 0.2) is 5.17 Å². The molecule has 0 saturated carbocycles. The van der Waals surface area contributed by atoms with Crippen LogP contribution < -0.4 is 0 Å². The van der Waals surface area contributed by atoms with Crippen LogP contribution in [0.4, 0.5) is 18.9 Å². The van der Waals surface area contributed by atoms with Gasteiger partial charge in [0.25, 0.3) is 5.91 Å². The number of hydrazone groups is 1. The highest BCUT2D eigenvalue weighted by Crippen LogP contribution is 2.34. The van der Waals surface area contributed by atoms with E-state index in [1.54, 1.807) is 12.3 Å². The highest BCUT2D eigenvalue weighted by atomic mass is 32.2. The Labute approximate surface area is 234 Å².